The van der Waals surface area contributed by atoms with E-state index in [1.165, 1.54) is 0 Å². The molecule has 3 atom stereocenters. The lowest BCUT2D eigenvalue weighted by molar-refractivity contribution is -0.154. The monoisotopic (exact) mass is 203 g/mol. The number of carbonyl (C=O) groups excluding carboxylic acids is 1. The lowest BCUT2D eigenvalue weighted by Gasteiger charge is -2.13. The quantitative estimate of drug-likeness (QED) is 0.379. The van der Waals surface area contributed by atoms with Gasteiger partial charge < -0.3 is 20.6 Å². The van der Waals surface area contributed by atoms with Gasteiger partial charge in [-0.05, 0) is 0 Å². The molecule has 7 nitrogen and oxygen atoms in total. The van der Waals surface area contributed by atoms with E-state index in [1.807, 2.05) is 0 Å². The van der Waals surface area contributed by atoms with Crippen molar-refractivity contribution in [3.63, 3.8) is 0 Å². The average Bonchev–Trinajstić information content (AvgIpc) is 2.45. The van der Waals surface area contributed by atoms with Crippen LogP contribution in [0.3, 0.4) is 0 Å². The SMILES string of the molecule is O=C(O)C(=O)[C@@H]1[C@@H](C(=O)O)NC[C@@H]1O. The topological polar surface area (TPSA) is 124 Å². The van der Waals surface area contributed by atoms with Crippen molar-refractivity contribution in [3.05, 3.63) is 0 Å². The maximum atomic E-state index is 11.0. The van der Waals surface area contributed by atoms with Gasteiger partial charge in [0.05, 0.1) is 12.0 Å². The molecule has 0 aromatic carbocycles. The molecule has 0 aromatic rings. The van der Waals surface area contributed by atoms with Crippen LogP contribution in [-0.4, -0.2) is 51.7 Å². The molecule has 78 valence electrons. The van der Waals surface area contributed by atoms with E-state index in [9.17, 15) is 19.5 Å². The highest BCUT2D eigenvalue weighted by Crippen LogP contribution is 2.17. The van der Waals surface area contributed by atoms with Crippen LogP contribution in [0.15, 0.2) is 0 Å². The number of rotatable bonds is 3. The Bertz CT molecular complexity index is 288. The maximum absolute atomic E-state index is 11.0. The van der Waals surface area contributed by atoms with Gasteiger partial charge in [0.1, 0.15) is 6.04 Å². The van der Waals surface area contributed by atoms with Crippen molar-refractivity contribution in [3.8, 4) is 0 Å². The smallest absolute Gasteiger partial charge is 0.372 e. The zero-order valence-corrected chi connectivity index (χ0v) is 7.01. The van der Waals surface area contributed by atoms with Crippen LogP contribution >= 0.6 is 0 Å². The molecule has 4 N–H and O–H groups in total. The van der Waals surface area contributed by atoms with E-state index in [0.717, 1.165) is 0 Å². The number of ketones is 1. The summed E-state index contributed by atoms with van der Waals surface area (Å²) < 4.78 is 0. The van der Waals surface area contributed by atoms with Crippen molar-refractivity contribution in [1.29, 1.82) is 0 Å². The molecule has 1 fully saturated rings. The Kier molecular flexibility index (Phi) is 2.82. The van der Waals surface area contributed by atoms with Gasteiger partial charge in [-0.3, -0.25) is 9.59 Å². The molecular formula is C7H9NO6. The van der Waals surface area contributed by atoms with E-state index < -0.39 is 35.8 Å². The molecule has 1 aliphatic rings. The first kappa shape index (κ1) is 10.6. The number of carboxylic acids is 2. The Balaban J connectivity index is 2.87. The van der Waals surface area contributed by atoms with Gasteiger partial charge in [-0.1, -0.05) is 0 Å². The van der Waals surface area contributed by atoms with Gasteiger partial charge >= 0.3 is 11.9 Å². The zero-order valence-electron chi connectivity index (χ0n) is 7.01. The van der Waals surface area contributed by atoms with Crippen molar-refractivity contribution < 1.29 is 29.7 Å². The van der Waals surface area contributed by atoms with E-state index in [1.54, 1.807) is 0 Å². The van der Waals surface area contributed by atoms with Crippen molar-refractivity contribution in [1.82, 2.24) is 5.32 Å². The van der Waals surface area contributed by atoms with E-state index in [2.05, 4.69) is 5.32 Å². The van der Waals surface area contributed by atoms with E-state index in [0.29, 0.717) is 0 Å². The molecule has 1 saturated heterocycles. The number of aliphatic carboxylic acids is 2. The van der Waals surface area contributed by atoms with Gasteiger partial charge in [0.25, 0.3) is 0 Å². The fourth-order valence-electron chi connectivity index (χ4n) is 1.43. The lowest BCUT2D eigenvalue weighted by atomic mass is 9.93. The molecule has 7 heteroatoms. The highest BCUT2D eigenvalue weighted by atomic mass is 16.4. The molecule has 14 heavy (non-hydrogen) atoms. The fourth-order valence-corrected chi connectivity index (χ4v) is 1.43. The number of carbonyl (C=O) groups is 3. The Morgan fingerprint density at radius 2 is 1.79 bits per heavy atom. The third kappa shape index (κ3) is 1.73. The van der Waals surface area contributed by atoms with Gasteiger partial charge in [-0.25, -0.2) is 4.79 Å². The summed E-state index contributed by atoms with van der Waals surface area (Å²) in [6, 6.07) is -1.33. The Morgan fingerprint density at radius 3 is 2.21 bits per heavy atom. The van der Waals surface area contributed by atoms with Crippen molar-refractivity contribution >= 4 is 17.7 Å². The van der Waals surface area contributed by atoms with Gasteiger partial charge in [0.15, 0.2) is 0 Å². The first-order chi connectivity index (χ1) is 6.45. The largest absolute Gasteiger partial charge is 0.480 e. The second kappa shape index (κ2) is 3.72. The number of aliphatic hydroxyl groups is 1. The van der Waals surface area contributed by atoms with E-state index in [4.69, 9.17) is 10.2 Å². The normalized spacial score (nSPS) is 31.4. The molecule has 0 spiro atoms. The van der Waals surface area contributed by atoms with Crippen LogP contribution < -0.4 is 5.32 Å². The molecule has 0 radical (unpaired) electrons. The highest BCUT2D eigenvalue weighted by molar-refractivity contribution is 6.34. The van der Waals surface area contributed by atoms with Crippen LogP contribution in [0.1, 0.15) is 0 Å². The van der Waals surface area contributed by atoms with Crippen LogP contribution in [-0.2, 0) is 14.4 Å². The Hall–Kier alpha value is -1.47. The molecule has 0 unspecified atom stereocenters. The van der Waals surface area contributed by atoms with Crippen LogP contribution in [0.25, 0.3) is 0 Å². The number of hydrogen-bond donors (Lipinski definition) is 4. The van der Waals surface area contributed by atoms with Crippen molar-refractivity contribution in [2.24, 2.45) is 5.92 Å². The summed E-state index contributed by atoms with van der Waals surface area (Å²) in [5, 5.41) is 28.6. The number of nitrogens with one attached hydrogen (secondary N) is 1. The van der Waals surface area contributed by atoms with Crippen molar-refractivity contribution in [2.75, 3.05) is 6.54 Å². The minimum Gasteiger partial charge on any atom is -0.480 e. The van der Waals surface area contributed by atoms with Crippen LogP contribution in [0, 0.1) is 5.92 Å². The third-order valence-electron chi connectivity index (χ3n) is 2.10. The second-order valence-electron chi connectivity index (χ2n) is 2.99. The molecule has 1 heterocycles. The highest BCUT2D eigenvalue weighted by Gasteiger charge is 2.46. The number of hydrogen-bond acceptors (Lipinski definition) is 5. The number of aliphatic hydroxyl groups excluding tert-OH is 1. The van der Waals surface area contributed by atoms with Crippen molar-refractivity contribution in [2.45, 2.75) is 12.1 Å². The number of carboxylic acid groups (broad SMARTS) is 2. The summed E-state index contributed by atoms with van der Waals surface area (Å²) in [6.45, 7) is -0.0966. The predicted octanol–water partition coefficient (Wildman–Crippen LogP) is -2.33. The summed E-state index contributed by atoms with van der Waals surface area (Å²) in [6.07, 6.45) is -1.26. The molecule has 1 rings (SSSR count). The molecule has 0 aromatic heterocycles. The minimum absolute atomic E-state index is 0.0966. The lowest BCUT2D eigenvalue weighted by Crippen LogP contribution is -2.42. The molecule has 0 bridgehead atoms. The molecule has 0 aliphatic carbocycles. The van der Waals surface area contributed by atoms with Gasteiger partial charge in [-0.15, -0.1) is 0 Å². The second-order valence-corrected chi connectivity index (χ2v) is 2.99. The predicted molar refractivity (Wildman–Crippen MR) is 41.6 cm³/mol. The van der Waals surface area contributed by atoms with E-state index >= 15 is 0 Å². The Morgan fingerprint density at radius 1 is 1.21 bits per heavy atom. The number of β-amino-alcohol motifs (C(OH)–C–C–N with tert-alkyl or cyclic N) is 1. The first-order valence-electron chi connectivity index (χ1n) is 3.86. The molecule has 0 saturated carbocycles. The molecule has 1 aliphatic heterocycles. The summed E-state index contributed by atoms with van der Waals surface area (Å²) >= 11 is 0. The number of Topliss-reactive ketones (excluding diaryl/α,β-unsaturated/α-hetero) is 1. The summed E-state index contributed by atoms with van der Waals surface area (Å²) in [4.78, 5) is 31.9. The third-order valence-corrected chi connectivity index (χ3v) is 2.10. The summed E-state index contributed by atoms with van der Waals surface area (Å²) in [5.74, 6) is -5.77. The molecule has 0 amide bonds. The molecular weight excluding hydrogens is 194 g/mol. The van der Waals surface area contributed by atoms with Gasteiger partial charge in [-0.2, -0.15) is 0 Å². The zero-order chi connectivity index (χ0) is 10.9. The van der Waals surface area contributed by atoms with Crippen LogP contribution in [0.2, 0.25) is 0 Å². The van der Waals surface area contributed by atoms with Crippen LogP contribution in [0.5, 0.6) is 0 Å². The minimum atomic E-state index is -1.73. The maximum Gasteiger partial charge on any atom is 0.372 e. The average molecular weight is 203 g/mol. The van der Waals surface area contributed by atoms with Gasteiger partial charge in [0.2, 0.25) is 5.78 Å². The summed E-state index contributed by atoms with van der Waals surface area (Å²) in [5.41, 5.74) is 0. The van der Waals surface area contributed by atoms with Gasteiger partial charge in [0, 0.05) is 6.54 Å². The fraction of sp³-hybridized carbons (Fsp3) is 0.571. The Labute approximate surface area is 78.3 Å². The first-order valence-corrected chi connectivity index (χ1v) is 3.86. The standard InChI is InChI=1S/C7H9NO6/c9-2-1-8-4(6(11)12)3(2)5(10)7(13)14/h2-4,8-9H,1H2,(H,11,12)(H,13,14)/t2-,3-,4-/m0/s1. The summed E-state index contributed by atoms with van der Waals surface area (Å²) in [7, 11) is 0. The van der Waals surface area contributed by atoms with Crippen LogP contribution in [0.4, 0.5) is 0 Å². The van der Waals surface area contributed by atoms with E-state index in [-0.39, 0.29) is 6.54 Å².